The molecular weight excluding hydrogens is 366 g/mol. The molecule has 2 aromatic heterocycles. The Labute approximate surface area is 159 Å². The highest BCUT2D eigenvalue weighted by molar-refractivity contribution is 7.17. The number of nitrogens with zero attached hydrogens (tertiary/aromatic N) is 2. The molecule has 1 N–H and O–H groups in total. The van der Waals surface area contributed by atoms with Crippen LogP contribution < -0.4 is 21.3 Å². The van der Waals surface area contributed by atoms with Crippen molar-refractivity contribution >= 4 is 27.5 Å². The lowest BCUT2D eigenvalue weighted by molar-refractivity contribution is -0.122. The fourth-order valence-electron chi connectivity index (χ4n) is 2.94. The number of fused-ring (bicyclic) bond motifs is 1. The molecular formula is C19H21N3O4S. The van der Waals surface area contributed by atoms with Crippen LogP contribution in [0.4, 0.5) is 0 Å². The lowest BCUT2D eigenvalue weighted by Gasteiger charge is -2.14. The second kappa shape index (κ2) is 7.79. The number of hydrogen-bond donors (Lipinski definition) is 1. The van der Waals surface area contributed by atoms with Crippen LogP contribution in [0.2, 0.25) is 0 Å². The third kappa shape index (κ3) is 3.80. The number of carbonyl (C=O) groups is 1. The van der Waals surface area contributed by atoms with Crippen molar-refractivity contribution in [3.8, 4) is 5.75 Å². The summed E-state index contributed by atoms with van der Waals surface area (Å²) in [5.41, 5.74) is 0.311. The van der Waals surface area contributed by atoms with Crippen molar-refractivity contribution in [3.63, 3.8) is 0 Å². The van der Waals surface area contributed by atoms with E-state index in [-0.39, 0.29) is 30.6 Å². The molecule has 0 aliphatic heterocycles. The van der Waals surface area contributed by atoms with E-state index in [1.54, 1.807) is 30.7 Å². The minimum atomic E-state index is -0.518. The van der Waals surface area contributed by atoms with Crippen LogP contribution in [0, 0.1) is 0 Å². The Morgan fingerprint density at radius 3 is 2.63 bits per heavy atom. The molecule has 2 heterocycles. The van der Waals surface area contributed by atoms with Crippen LogP contribution in [0.25, 0.3) is 10.2 Å². The van der Waals surface area contributed by atoms with E-state index in [1.807, 2.05) is 26.0 Å². The molecule has 0 aliphatic rings. The number of para-hydroxylation sites is 1. The van der Waals surface area contributed by atoms with E-state index in [2.05, 4.69) is 5.32 Å². The summed E-state index contributed by atoms with van der Waals surface area (Å²) in [5.74, 6) is 0.321. The van der Waals surface area contributed by atoms with Crippen LogP contribution in [0.1, 0.15) is 19.4 Å². The Morgan fingerprint density at radius 2 is 1.93 bits per heavy atom. The van der Waals surface area contributed by atoms with E-state index >= 15 is 0 Å². The Hall–Kier alpha value is -2.87. The Kier molecular flexibility index (Phi) is 5.46. The van der Waals surface area contributed by atoms with Crippen molar-refractivity contribution < 1.29 is 9.53 Å². The number of benzene rings is 1. The SMILES string of the molecule is COc1ccccc1Cn1c(=O)c2sccc2n(CC(=O)NC(C)C)c1=O. The molecule has 3 aromatic rings. The summed E-state index contributed by atoms with van der Waals surface area (Å²) in [4.78, 5) is 38.1. The van der Waals surface area contributed by atoms with Gasteiger partial charge in [0, 0.05) is 11.6 Å². The van der Waals surface area contributed by atoms with Gasteiger partial charge in [0.25, 0.3) is 5.56 Å². The van der Waals surface area contributed by atoms with Crippen molar-refractivity contribution in [1.29, 1.82) is 0 Å². The molecule has 0 saturated heterocycles. The van der Waals surface area contributed by atoms with Gasteiger partial charge in [-0.05, 0) is 31.4 Å². The summed E-state index contributed by atoms with van der Waals surface area (Å²) >= 11 is 1.26. The summed E-state index contributed by atoms with van der Waals surface area (Å²) in [6.07, 6.45) is 0. The van der Waals surface area contributed by atoms with Gasteiger partial charge >= 0.3 is 5.69 Å². The summed E-state index contributed by atoms with van der Waals surface area (Å²) in [6, 6.07) is 8.88. The number of rotatable bonds is 6. The van der Waals surface area contributed by atoms with Gasteiger partial charge in [-0.15, -0.1) is 11.3 Å². The zero-order chi connectivity index (χ0) is 19.6. The number of thiophene rings is 1. The van der Waals surface area contributed by atoms with Gasteiger partial charge in [-0.25, -0.2) is 4.79 Å². The maximum atomic E-state index is 13.0. The zero-order valence-corrected chi connectivity index (χ0v) is 16.2. The quantitative estimate of drug-likeness (QED) is 0.699. The number of amides is 1. The predicted molar refractivity (Wildman–Crippen MR) is 106 cm³/mol. The summed E-state index contributed by atoms with van der Waals surface area (Å²) in [6.45, 7) is 3.63. The standard InChI is InChI=1S/C19H21N3O4S/c1-12(2)20-16(23)11-21-14-8-9-27-17(14)18(24)22(19(21)25)10-13-6-4-5-7-15(13)26-3/h4-9,12H,10-11H2,1-3H3,(H,20,23). The van der Waals surface area contributed by atoms with Crippen molar-refractivity contribution in [2.45, 2.75) is 33.0 Å². The minimum Gasteiger partial charge on any atom is -0.496 e. The topological polar surface area (TPSA) is 82.3 Å². The van der Waals surface area contributed by atoms with Crippen LogP contribution in [0.3, 0.4) is 0 Å². The maximum Gasteiger partial charge on any atom is 0.332 e. The lowest BCUT2D eigenvalue weighted by atomic mass is 10.2. The van der Waals surface area contributed by atoms with Gasteiger partial charge in [0.15, 0.2) is 0 Å². The van der Waals surface area contributed by atoms with Gasteiger partial charge in [0.05, 0.1) is 19.2 Å². The molecule has 0 radical (unpaired) electrons. The largest absolute Gasteiger partial charge is 0.496 e. The maximum absolute atomic E-state index is 13.0. The number of aromatic nitrogens is 2. The lowest BCUT2D eigenvalue weighted by Crippen LogP contribution is -2.43. The van der Waals surface area contributed by atoms with Gasteiger partial charge < -0.3 is 10.1 Å². The predicted octanol–water partition coefficient (Wildman–Crippen LogP) is 1.81. The van der Waals surface area contributed by atoms with E-state index in [1.165, 1.54) is 15.9 Å². The van der Waals surface area contributed by atoms with E-state index in [0.717, 1.165) is 4.57 Å². The van der Waals surface area contributed by atoms with E-state index < -0.39 is 5.69 Å². The first-order valence-electron chi connectivity index (χ1n) is 8.54. The fourth-order valence-corrected chi connectivity index (χ4v) is 3.78. The third-order valence-corrected chi connectivity index (χ3v) is 5.00. The van der Waals surface area contributed by atoms with Crippen LogP contribution in [-0.4, -0.2) is 28.2 Å². The van der Waals surface area contributed by atoms with Crippen molar-refractivity contribution in [2.24, 2.45) is 0 Å². The van der Waals surface area contributed by atoms with E-state index in [9.17, 15) is 14.4 Å². The number of carbonyl (C=O) groups excluding carboxylic acids is 1. The Bertz CT molecular complexity index is 1090. The molecule has 0 aliphatic carbocycles. The highest BCUT2D eigenvalue weighted by atomic mass is 32.1. The molecule has 0 spiro atoms. The average Bonchev–Trinajstić information content (AvgIpc) is 3.12. The van der Waals surface area contributed by atoms with Crippen LogP contribution in [0.15, 0.2) is 45.3 Å². The Morgan fingerprint density at radius 1 is 1.19 bits per heavy atom. The monoisotopic (exact) mass is 387 g/mol. The third-order valence-electron chi connectivity index (χ3n) is 4.11. The van der Waals surface area contributed by atoms with Crippen molar-refractivity contribution in [3.05, 3.63) is 62.1 Å². The fraction of sp³-hybridized carbons (Fsp3) is 0.316. The molecule has 3 rings (SSSR count). The molecule has 142 valence electrons. The number of hydrogen-bond acceptors (Lipinski definition) is 5. The van der Waals surface area contributed by atoms with Crippen molar-refractivity contribution in [1.82, 2.24) is 14.5 Å². The van der Waals surface area contributed by atoms with Gasteiger partial charge in [-0.1, -0.05) is 18.2 Å². The summed E-state index contributed by atoms with van der Waals surface area (Å²) in [7, 11) is 1.54. The highest BCUT2D eigenvalue weighted by Gasteiger charge is 2.17. The average molecular weight is 387 g/mol. The number of ether oxygens (including phenoxy) is 1. The molecule has 8 heteroatoms. The van der Waals surface area contributed by atoms with Crippen LogP contribution in [-0.2, 0) is 17.9 Å². The van der Waals surface area contributed by atoms with Gasteiger partial charge in [0.1, 0.15) is 17.0 Å². The summed E-state index contributed by atoms with van der Waals surface area (Å²) in [5, 5.41) is 4.52. The first kappa shape index (κ1) is 18.9. The number of methoxy groups -OCH3 is 1. The van der Waals surface area contributed by atoms with Crippen LogP contribution >= 0.6 is 11.3 Å². The van der Waals surface area contributed by atoms with E-state index in [4.69, 9.17) is 4.74 Å². The Balaban J connectivity index is 2.12. The van der Waals surface area contributed by atoms with Gasteiger partial charge in [-0.2, -0.15) is 0 Å². The molecule has 27 heavy (non-hydrogen) atoms. The molecule has 0 saturated carbocycles. The van der Waals surface area contributed by atoms with Crippen molar-refractivity contribution in [2.75, 3.05) is 7.11 Å². The first-order valence-corrected chi connectivity index (χ1v) is 9.42. The first-order chi connectivity index (χ1) is 12.9. The molecule has 1 aromatic carbocycles. The van der Waals surface area contributed by atoms with E-state index in [0.29, 0.717) is 21.5 Å². The molecule has 0 atom stereocenters. The second-order valence-corrected chi connectivity index (χ2v) is 7.35. The molecule has 0 bridgehead atoms. The minimum absolute atomic E-state index is 0.0364. The second-order valence-electron chi connectivity index (χ2n) is 6.43. The molecule has 0 unspecified atom stereocenters. The normalized spacial score (nSPS) is 11.1. The van der Waals surface area contributed by atoms with Gasteiger partial charge in [0.2, 0.25) is 5.91 Å². The highest BCUT2D eigenvalue weighted by Crippen LogP contribution is 2.19. The molecule has 0 fully saturated rings. The molecule has 7 nitrogen and oxygen atoms in total. The van der Waals surface area contributed by atoms with Crippen LogP contribution in [0.5, 0.6) is 5.75 Å². The summed E-state index contributed by atoms with van der Waals surface area (Å²) < 4.78 is 8.27. The smallest absolute Gasteiger partial charge is 0.332 e. The zero-order valence-electron chi connectivity index (χ0n) is 15.4. The molecule has 1 amide bonds. The van der Waals surface area contributed by atoms with Gasteiger partial charge in [-0.3, -0.25) is 18.7 Å². The number of nitrogens with one attached hydrogen (secondary N) is 1.